The lowest BCUT2D eigenvalue weighted by molar-refractivity contribution is -0.140. The molecule has 0 radical (unpaired) electrons. The number of hydrogen-bond donors (Lipinski definition) is 1. The van der Waals surface area contributed by atoms with Crippen LogP contribution in [0, 0.1) is 19.8 Å². The third-order valence-corrected chi connectivity index (χ3v) is 6.11. The molecule has 0 fully saturated rings. The molecule has 0 saturated heterocycles. The van der Waals surface area contributed by atoms with Crippen molar-refractivity contribution < 1.29 is 19.4 Å². The van der Waals surface area contributed by atoms with Crippen molar-refractivity contribution in [1.82, 2.24) is 4.57 Å². The number of rotatable bonds is 6. The van der Waals surface area contributed by atoms with E-state index in [-0.39, 0.29) is 11.8 Å². The van der Waals surface area contributed by atoms with Crippen LogP contribution in [0.2, 0.25) is 5.02 Å². The van der Waals surface area contributed by atoms with E-state index in [1.165, 1.54) is 7.11 Å². The molecule has 0 aliphatic rings. The van der Waals surface area contributed by atoms with Crippen molar-refractivity contribution in [2.24, 2.45) is 5.92 Å². The van der Waals surface area contributed by atoms with Crippen LogP contribution in [-0.4, -0.2) is 28.7 Å². The maximum absolute atomic E-state index is 13.4. The van der Waals surface area contributed by atoms with Crippen molar-refractivity contribution in [3.63, 3.8) is 0 Å². The Morgan fingerprint density at radius 3 is 2.33 bits per heavy atom. The molecule has 2 aromatic carbocycles. The van der Waals surface area contributed by atoms with Crippen molar-refractivity contribution in [2.75, 3.05) is 7.11 Å². The predicted octanol–water partition coefficient (Wildman–Crippen LogP) is 5.82. The first kappa shape index (κ1) is 21.9. The van der Waals surface area contributed by atoms with E-state index < -0.39 is 11.9 Å². The zero-order valence-electron chi connectivity index (χ0n) is 17.8. The highest BCUT2D eigenvalue weighted by Crippen LogP contribution is 2.41. The fraction of sp³-hybridized carbons (Fsp3) is 0.333. The predicted molar refractivity (Wildman–Crippen MR) is 119 cm³/mol. The number of aliphatic carboxylic acids is 1. The molecule has 1 heterocycles. The molecule has 0 aliphatic heterocycles. The van der Waals surface area contributed by atoms with Crippen molar-refractivity contribution in [3.8, 4) is 5.75 Å². The van der Waals surface area contributed by atoms with Gasteiger partial charge in [0, 0.05) is 16.6 Å². The summed E-state index contributed by atoms with van der Waals surface area (Å²) in [5, 5.41) is 11.1. The average molecular weight is 428 g/mol. The molecule has 0 spiro atoms. The summed E-state index contributed by atoms with van der Waals surface area (Å²) in [6.45, 7) is 7.62. The summed E-state index contributed by atoms with van der Waals surface area (Å²) in [6, 6.07) is 10.7. The van der Waals surface area contributed by atoms with Crippen LogP contribution in [0.15, 0.2) is 36.4 Å². The number of aromatic nitrogens is 1. The van der Waals surface area contributed by atoms with Gasteiger partial charge in [0.1, 0.15) is 5.75 Å². The zero-order valence-corrected chi connectivity index (χ0v) is 18.6. The summed E-state index contributed by atoms with van der Waals surface area (Å²) in [4.78, 5) is 25.7. The lowest BCUT2D eigenvalue weighted by Gasteiger charge is -2.20. The standard InChI is InChI=1S/C24H26ClNO4/c1-6-14(3)21(24(28)29)22-15(4)26(23(27)16-9-7-13(2)8-10-16)19-12-18(25)20(30-5)11-17(19)22/h7-12,14,21H,6H2,1-5H3,(H,28,29)/t14-,21?/m0/s1. The van der Waals surface area contributed by atoms with E-state index >= 15 is 0 Å². The van der Waals surface area contributed by atoms with E-state index in [0.717, 1.165) is 5.56 Å². The normalized spacial score (nSPS) is 13.3. The number of halogens is 1. The van der Waals surface area contributed by atoms with E-state index in [1.807, 2.05) is 32.9 Å². The maximum atomic E-state index is 13.4. The van der Waals surface area contributed by atoms with E-state index in [2.05, 4.69) is 0 Å². The minimum absolute atomic E-state index is 0.114. The largest absolute Gasteiger partial charge is 0.495 e. The van der Waals surface area contributed by atoms with Gasteiger partial charge in [0.25, 0.3) is 5.91 Å². The van der Waals surface area contributed by atoms with Crippen LogP contribution in [-0.2, 0) is 4.79 Å². The summed E-state index contributed by atoms with van der Waals surface area (Å²) >= 11 is 6.37. The molecule has 30 heavy (non-hydrogen) atoms. The van der Waals surface area contributed by atoms with Gasteiger partial charge in [-0.2, -0.15) is 0 Å². The van der Waals surface area contributed by atoms with Gasteiger partial charge < -0.3 is 9.84 Å². The lowest BCUT2D eigenvalue weighted by Crippen LogP contribution is -2.21. The van der Waals surface area contributed by atoms with Gasteiger partial charge in [0.15, 0.2) is 0 Å². The molecule has 1 aromatic heterocycles. The molecule has 0 bridgehead atoms. The van der Waals surface area contributed by atoms with Crippen molar-refractivity contribution in [1.29, 1.82) is 0 Å². The van der Waals surface area contributed by atoms with Crippen LogP contribution in [0.25, 0.3) is 10.9 Å². The fourth-order valence-corrected chi connectivity index (χ4v) is 4.20. The first-order chi connectivity index (χ1) is 14.2. The Labute approximate surface area is 181 Å². The molecule has 3 aromatic rings. The Morgan fingerprint density at radius 2 is 1.80 bits per heavy atom. The molecule has 1 unspecified atom stereocenters. The van der Waals surface area contributed by atoms with Gasteiger partial charge in [-0.25, -0.2) is 0 Å². The molecule has 3 rings (SSSR count). The van der Waals surface area contributed by atoms with Crippen molar-refractivity contribution in [3.05, 3.63) is 63.8 Å². The van der Waals surface area contributed by atoms with Gasteiger partial charge in [-0.05, 0) is 49.6 Å². The van der Waals surface area contributed by atoms with Crippen LogP contribution in [0.3, 0.4) is 0 Å². The Bertz CT molecular complexity index is 1110. The van der Waals surface area contributed by atoms with E-state index in [4.69, 9.17) is 16.3 Å². The third-order valence-electron chi connectivity index (χ3n) is 5.82. The number of carboxylic acid groups (broad SMARTS) is 1. The molecule has 158 valence electrons. The minimum atomic E-state index is -0.914. The molecule has 5 nitrogen and oxygen atoms in total. The van der Waals surface area contributed by atoms with E-state index in [1.54, 1.807) is 35.8 Å². The van der Waals surface area contributed by atoms with Gasteiger partial charge in [0.05, 0.1) is 23.6 Å². The van der Waals surface area contributed by atoms with Gasteiger partial charge >= 0.3 is 5.97 Å². The highest BCUT2D eigenvalue weighted by Gasteiger charge is 2.33. The molecule has 1 N–H and O–H groups in total. The summed E-state index contributed by atoms with van der Waals surface area (Å²) < 4.78 is 6.94. The number of carbonyl (C=O) groups excluding carboxylic acids is 1. The average Bonchev–Trinajstić information content (AvgIpc) is 2.98. The van der Waals surface area contributed by atoms with E-state index in [0.29, 0.717) is 44.9 Å². The maximum Gasteiger partial charge on any atom is 0.311 e. The molecule has 0 aliphatic carbocycles. The van der Waals surface area contributed by atoms with Crippen LogP contribution >= 0.6 is 11.6 Å². The summed E-state index contributed by atoms with van der Waals surface area (Å²) in [5.41, 5.74) is 3.38. The minimum Gasteiger partial charge on any atom is -0.495 e. The first-order valence-corrected chi connectivity index (χ1v) is 10.3. The number of aryl methyl sites for hydroxylation is 1. The van der Waals surface area contributed by atoms with Crippen LogP contribution < -0.4 is 4.74 Å². The van der Waals surface area contributed by atoms with Crippen molar-refractivity contribution in [2.45, 2.75) is 40.0 Å². The number of carbonyl (C=O) groups is 2. The summed E-state index contributed by atoms with van der Waals surface area (Å²) in [5.74, 6) is -1.56. The summed E-state index contributed by atoms with van der Waals surface area (Å²) in [6.07, 6.45) is 0.694. The second kappa shape index (κ2) is 8.52. The Morgan fingerprint density at radius 1 is 1.17 bits per heavy atom. The van der Waals surface area contributed by atoms with Gasteiger partial charge in [0.2, 0.25) is 0 Å². The number of ether oxygens (including phenoxy) is 1. The number of benzene rings is 2. The lowest BCUT2D eigenvalue weighted by atomic mass is 9.84. The van der Waals surface area contributed by atoms with Crippen molar-refractivity contribution >= 4 is 34.4 Å². The number of carboxylic acids is 1. The van der Waals surface area contributed by atoms with E-state index in [9.17, 15) is 14.7 Å². The topological polar surface area (TPSA) is 68.5 Å². The van der Waals surface area contributed by atoms with Crippen LogP contribution in [0.5, 0.6) is 5.75 Å². The number of fused-ring (bicyclic) bond motifs is 1. The Balaban J connectivity index is 2.36. The number of methoxy groups -OCH3 is 1. The number of nitrogens with zero attached hydrogens (tertiary/aromatic N) is 1. The molecule has 0 saturated carbocycles. The van der Waals surface area contributed by atoms with Gasteiger partial charge in [-0.1, -0.05) is 49.6 Å². The third kappa shape index (κ3) is 3.70. The molecular formula is C24H26ClNO4. The SMILES string of the molecule is CC[C@H](C)C(C(=O)O)c1c(C)n(C(=O)c2ccc(C)cc2)c2cc(Cl)c(OC)cc12. The molecule has 0 amide bonds. The highest BCUT2D eigenvalue weighted by molar-refractivity contribution is 6.33. The molecule has 2 atom stereocenters. The van der Waals surface area contributed by atoms with Gasteiger partial charge in [-0.15, -0.1) is 0 Å². The molecule has 6 heteroatoms. The monoisotopic (exact) mass is 427 g/mol. The summed E-state index contributed by atoms with van der Waals surface area (Å²) in [7, 11) is 1.51. The number of hydrogen-bond acceptors (Lipinski definition) is 3. The Kier molecular flexibility index (Phi) is 6.22. The zero-order chi connectivity index (χ0) is 22.2. The van der Waals surface area contributed by atoms with Crippen LogP contribution in [0.1, 0.15) is 53.4 Å². The second-order valence-corrected chi connectivity index (χ2v) is 8.12. The van der Waals surface area contributed by atoms with Gasteiger partial charge in [-0.3, -0.25) is 14.2 Å². The fourth-order valence-electron chi connectivity index (χ4n) is 3.96. The smallest absolute Gasteiger partial charge is 0.311 e. The Hall–Kier alpha value is -2.79. The van der Waals surface area contributed by atoms with Crippen LogP contribution in [0.4, 0.5) is 0 Å². The first-order valence-electron chi connectivity index (χ1n) is 9.93. The highest BCUT2D eigenvalue weighted by atomic mass is 35.5. The molecular weight excluding hydrogens is 402 g/mol. The second-order valence-electron chi connectivity index (χ2n) is 7.71. The quantitative estimate of drug-likeness (QED) is 0.537.